The van der Waals surface area contributed by atoms with Crippen molar-refractivity contribution in [3.8, 4) is 11.1 Å². The number of hydrogen-bond donors (Lipinski definition) is 5. The van der Waals surface area contributed by atoms with Crippen molar-refractivity contribution < 1.29 is 5.11 Å². The van der Waals surface area contributed by atoms with Crippen LogP contribution in [0.1, 0.15) is 17.4 Å². The molecule has 98 valence electrons. The molecule has 5 N–H and O–H groups in total. The molecule has 2 aromatic rings. The fourth-order valence-corrected chi connectivity index (χ4v) is 2.23. The van der Waals surface area contributed by atoms with Gasteiger partial charge in [-0.15, -0.1) is 0 Å². The van der Waals surface area contributed by atoms with E-state index in [9.17, 15) is 5.11 Å². The summed E-state index contributed by atoms with van der Waals surface area (Å²) in [5, 5.41) is 9.49. The largest absolute Gasteiger partial charge is 0.390 e. The Labute approximate surface area is 110 Å². The fraction of sp³-hybridized carbons (Fsp3) is 0.154. The van der Waals surface area contributed by atoms with Crippen LogP contribution in [-0.4, -0.2) is 10.1 Å². The number of pyridine rings is 1. The van der Waals surface area contributed by atoms with E-state index in [0.29, 0.717) is 5.69 Å². The first-order chi connectivity index (χ1) is 9.40. The van der Waals surface area contributed by atoms with Gasteiger partial charge in [0.25, 0.3) is 0 Å². The standard InChI is InChI=1S/C13H15N5O/c19-8-11-12(13-15-17-18-16-13)10(6-7-14-11)9-4-2-1-3-5-9/h1-7,13,15-19H,8H2. The summed E-state index contributed by atoms with van der Waals surface area (Å²) in [5.41, 5.74) is 15.3. The van der Waals surface area contributed by atoms with Gasteiger partial charge in [0.15, 0.2) is 0 Å². The predicted molar refractivity (Wildman–Crippen MR) is 70.9 cm³/mol. The maximum Gasteiger partial charge on any atom is 0.114 e. The zero-order valence-corrected chi connectivity index (χ0v) is 10.2. The lowest BCUT2D eigenvalue weighted by Gasteiger charge is -2.17. The van der Waals surface area contributed by atoms with Gasteiger partial charge in [-0.05, 0) is 17.2 Å². The predicted octanol–water partition coefficient (Wildman–Crippen LogP) is 0.356. The minimum atomic E-state index is -0.161. The molecular weight excluding hydrogens is 242 g/mol. The zero-order valence-electron chi connectivity index (χ0n) is 10.2. The average molecular weight is 257 g/mol. The molecule has 1 fully saturated rings. The first-order valence-electron chi connectivity index (χ1n) is 6.05. The van der Waals surface area contributed by atoms with E-state index in [2.05, 4.69) is 26.9 Å². The van der Waals surface area contributed by atoms with Gasteiger partial charge in [-0.1, -0.05) is 30.3 Å². The summed E-state index contributed by atoms with van der Waals surface area (Å²) in [5.74, 6) is 0. The number of aromatic nitrogens is 1. The Morgan fingerprint density at radius 2 is 1.79 bits per heavy atom. The third-order valence-corrected chi connectivity index (χ3v) is 3.09. The molecule has 0 spiro atoms. The normalized spacial score (nSPS) is 15.8. The minimum Gasteiger partial charge on any atom is -0.390 e. The summed E-state index contributed by atoms with van der Waals surface area (Å²) in [6, 6.07) is 12.0. The highest BCUT2D eigenvalue weighted by molar-refractivity contribution is 5.68. The van der Waals surface area contributed by atoms with Crippen molar-refractivity contribution in [3.05, 3.63) is 53.9 Å². The Kier molecular flexibility index (Phi) is 3.49. The quantitative estimate of drug-likeness (QED) is 0.546. The number of hydrazine groups is 3. The van der Waals surface area contributed by atoms with Crippen LogP contribution in [0.25, 0.3) is 11.1 Å². The Balaban J connectivity index is 2.13. The van der Waals surface area contributed by atoms with Crippen molar-refractivity contribution in [2.45, 2.75) is 12.8 Å². The third kappa shape index (κ3) is 2.35. The highest BCUT2D eigenvalue weighted by atomic mass is 16.3. The minimum absolute atomic E-state index is 0.101. The monoisotopic (exact) mass is 257 g/mol. The molecule has 1 aromatic heterocycles. The van der Waals surface area contributed by atoms with E-state index < -0.39 is 0 Å². The maximum absolute atomic E-state index is 9.49. The molecule has 0 bridgehead atoms. The van der Waals surface area contributed by atoms with Crippen molar-refractivity contribution in [2.75, 3.05) is 0 Å². The summed E-state index contributed by atoms with van der Waals surface area (Å²) >= 11 is 0. The molecule has 19 heavy (non-hydrogen) atoms. The Bertz CT molecular complexity index is 554. The first-order valence-corrected chi connectivity index (χ1v) is 6.05. The molecule has 0 atom stereocenters. The van der Waals surface area contributed by atoms with Crippen molar-refractivity contribution in [1.29, 1.82) is 0 Å². The van der Waals surface area contributed by atoms with Gasteiger partial charge in [-0.25, -0.2) is 10.9 Å². The molecular formula is C13H15N5O. The summed E-state index contributed by atoms with van der Waals surface area (Å²) in [6.07, 6.45) is 1.55. The average Bonchev–Trinajstić information content (AvgIpc) is 3.01. The van der Waals surface area contributed by atoms with Crippen molar-refractivity contribution >= 4 is 0 Å². The SMILES string of the molecule is OCc1nccc(-c2ccccc2)c1C1NNNN1. The molecule has 3 rings (SSSR count). The Morgan fingerprint density at radius 3 is 2.47 bits per heavy atom. The molecule has 0 radical (unpaired) electrons. The highest BCUT2D eigenvalue weighted by Crippen LogP contribution is 2.29. The van der Waals surface area contributed by atoms with Crippen LogP contribution in [0, 0.1) is 0 Å². The van der Waals surface area contributed by atoms with Crippen LogP contribution in [0.15, 0.2) is 42.6 Å². The number of nitrogens with one attached hydrogen (secondary N) is 4. The van der Waals surface area contributed by atoms with Gasteiger partial charge >= 0.3 is 0 Å². The van der Waals surface area contributed by atoms with Gasteiger partial charge in [0, 0.05) is 11.8 Å². The summed E-state index contributed by atoms with van der Waals surface area (Å²) in [7, 11) is 0. The van der Waals surface area contributed by atoms with Crippen LogP contribution in [0.4, 0.5) is 0 Å². The van der Waals surface area contributed by atoms with Gasteiger partial charge in [-0.2, -0.15) is 11.1 Å². The number of nitrogens with zero attached hydrogens (tertiary/aromatic N) is 1. The zero-order chi connectivity index (χ0) is 13.1. The smallest absolute Gasteiger partial charge is 0.114 e. The van der Waals surface area contributed by atoms with Gasteiger partial charge in [0.05, 0.1) is 12.3 Å². The van der Waals surface area contributed by atoms with Crippen LogP contribution in [0.3, 0.4) is 0 Å². The van der Waals surface area contributed by atoms with Crippen LogP contribution in [-0.2, 0) is 6.61 Å². The van der Waals surface area contributed by atoms with Gasteiger partial charge < -0.3 is 5.11 Å². The molecule has 6 heteroatoms. The van der Waals surface area contributed by atoms with Crippen LogP contribution in [0.2, 0.25) is 0 Å². The van der Waals surface area contributed by atoms with Crippen molar-refractivity contribution in [3.63, 3.8) is 0 Å². The van der Waals surface area contributed by atoms with E-state index in [4.69, 9.17) is 0 Å². The van der Waals surface area contributed by atoms with E-state index >= 15 is 0 Å². The van der Waals surface area contributed by atoms with Gasteiger partial charge in [-0.3, -0.25) is 4.98 Å². The lowest BCUT2D eigenvalue weighted by atomic mass is 9.97. The number of aliphatic hydroxyl groups is 1. The maximum atomic E-state index is 9.49. The summed E-state index contributed by atoms with van der Waals surface area (Å²) in [4.78, 5) is 4.24. The molecule has 0 saturated carbocycles. The van der Waals surface area contributed by atoms with Crippen molar-refractivity contribution in [1.82, 2.24) is 26.9 Å². The number of benzene rings is 1. The first kappa shape index (κ1) is 12.2. The molecule has 0 amide bonds. The second-order valence-electron chi connectivity index (χ2n) is 4.21. The number of aliphatic hydroxyl groups excluding tert-OH is 1. The molecule has 2 heterocycles. The fourth-order valence-electron chi connectivity index (χ4n) is 2.23. The van der Waals surface area contributed by atoms with E-state index in [1.807, 2.05) is 36.4 Å². The van der Waals surface area contributed by atoms with Gasteiger partial charge in [0.2, 0.25) is 0 Å². The molecule has 0 unspecified atom stereocenters. The van der Waals surface area contributed by atoms with Crippen molar-refractivity contribution in [2.24, 2.45) is 0 Å². The molecule has 1 aliphatic rings. The second-order valence-corrected chi connectivity index (χ2v) is 4.21. The summed E-state index contributed by atoms with van der Waals surface area (Å²) in [6.45, 7) is -0.101. The summed E-state index contributed by atoms with van der Waals surface area (Å²) < 4.78 is 0. The van der Waals surface area contributed by atoms with E-state index in [-0.39, 0.29) is 12.8 Å². The van der Waals surface area contributed by atoms with E-state index in [1.165, 1.54) is 0 Å². The molecule has 0 aliphatic carbocycles. The number of hydrogen-bond acceptors (Lipinski definition) is 6. The topological polar surface area (TPSA) is 81.2 Å². The van der Waals surface area contributed by atoms with E-state index in [0.717, 1.165) is 16.7 Å². The number of rotatable bonds is 3. The third-order valence-electron chi connectivity index (χ3n) is 3.09. The molecule has 1 aliphatic heterocycles. The van der Waals surface area contributed by atoms with Crippen LogP contribution in [0.5, 0.6) is 0 Å². The lowest BCUT2D eigenvalue weighted by molar-refractivity contribution is 0.273. The second kappa shape index (κ2) is 5.43. The van der Waals surface area contributed by atoms with E-state index in [1.54, 1.807) is 6.20 Å². The van der Waals surface area contributed by atoms with Gasteiger partial charge in [0.1, 0.15) is 6.17 Å². The molecule has 1 aromatic carbocycles. The Morgan fingerprint density at radius 1 is 1.05 bits per heavy atom. The lowest BCUT2D eigenvalue weighted by Crippen LogP contribution is -2.33. The molecule has 1 saturated heterocycles. The van der Waals surface area contributed by atoms with Crippen LogP contribution >= 0.6 is 0 Å². The highest BCUT2D eigenvalue weighted by Gasteiger charge is 2.22. The molecule has 6 nitrogen and oxygen atoms in total. The Hall–Kier alpha value is -1.83. The van der Waals surface area contributed by atoms with Crippen LogP contribution < -0.4 is 21.9 Å².